The van der Waals surface area contributed by atoms with Gasteiger partial charge >= 0.3 is 0 Å². The van der Waals surface area contributed by atoms with E-state index < -0.39 is 0 Å². The number of aliphatic hydroxyl groups excluding tert-OH is 1. The Bertz CT molecular complexity index is 662. The van der Waals surface area contributed by atoms with Gasteiger partial charge < -0.3 is 15.2 Å². The topological polar surface area (TPSA) is 71.5 Å². The van der Waals surface area contributed by atoms with E-state index >= 15 is 0 Å². The minimum atomic E-state index is -0.185. The molecule has 1 aliphatic rings. The van der Waals surface area contributed by atoms with Crippen LogP contribution in [0.3, 0.4) is 0 Å². The number of carbonyl (C=O) groups is 1. The van der Waals surface area contributed by atoms with Crippen LogP contribution in [0.1, 0.15) is 23.3 Å². The second-order valence-electron chi connectivity index (χ2n) is 5.61. The van der Waals surface area contributed by atoms with Crippen molar-refractivity contribution in [1.82, 2.24) is 10.3 Å². The molecule has 0 unspecified atom stereocenters. The van der Waals surface area contributed by atoms with Crippen LogP contribution < -0.4 is 10.1 Å². The maximum atomic E-state index is 12.1. The Morgan fingerprint density at radius 1 is 1.41 bits per heavy atom. The highest BCUT2D eigenvalue weighted by Crippen LogP contribution is 2.44. The van der Waals surface area contributed by atoms with Crippen LogP contribution in [0.25, 0.3) is 10.6 Å². The summed E-state index contributed by atoms with van der Waals surface area (Å²) < 4.78 is 5.13. The molecular weight excluding hydrogens is 300 g/mol. The van der Waals surface area contributed by atoms with Crippen molar-refractivity contribution < 1.29 is 14.6 Å². The summed E-state index contributed by atoms with van der Waals surface area (Å²) in [5.41, 5.74) is 1.29. The number of benzene rings is 1. The molecule has 0 aliphatic heterocycles. The van der Waals surface area contributed by atoms with Gasteiger partial charge in [-0.05, 0) is 37.1 Å². The first kappa shape index (κ1) is 15.0. The summed E-state index contributed by atoms with van der Waals surface area (Å²) >= 11 is 1.44. The summed E-state index contributed by atoms with van der Waals surface area (Å²) in [6.45, 7) is 0.638. The zero-order valence-corrected chi connectivity index (χ0v) is 13.2. The molecule has 0 spiro atoms. The highest BCUT2D eigenvalue weighted by molar-refractivity contribution is 7.13. The van der Waals surface area contributed by atoms with Gasteiger partial charge in [0.15, 0.2) is 0 Å². The molecule has 2 N–H and O–H groups in total. The molecule has 1 aromatic heterocycles. The first-order valence-corrected chi connectivity index (χ1v) is 8.03. The van der Waals surface area contributed by atoms with Crippen molar-refractivity contribution in [3.8, 4) is 16.3 Å². The maximum absolute atomic E-state index is 12.1. The Balaban J connectivity index is 1.66. The largest absolute Gasteiger partial charge is 0.497 e. The number of methoxy groups -OCH3 is 1. The van der Waals surface area contributed by atoms with Crippen molar-refractivity contribution in [3.05, 3.63) is 35.3 Å². The normalized spacial score (nSPS) is 15.4. The molecule has 1 saturated carbocycles. The fourth-order valence-electron chi connectivity index (χ4n) is 2.17. The predicted octanol–water partition coefficient (Wildman–Crippen LogP) is 2.32. The number of carbonyl (C=O) groups excluding carboxylic acids is 1. The van der Waals surface area contributed by atoms with Crippen molar-refractivity contribution >= 4 is 17.2 Å². The smallest absolute Gasteiger partial charge is 0.270 e. The van der Waals surface area contributed by atoms with Gasteiger partial charge in [-0.3, -0.25) is 4.79 Å². The summed E-state index contributed by atoms with van der Waals surface area (Å²) in [5.74, 6) is 0.604. The Morgan fingerprint density at radius 2 is 2.14 bits per heavy atom. The van der Waals surface area contributed by atoms with Crippen molar-refractivity contribution in [2.45, 2.75) is 12.8 Å². The molecule has 1 aromatic carbocycles. The van der Waals surface area contributed by atoms with Crippen LogP contribution in [-0.4, -0.2) is 36.3 Å². The average molecular weight is 318 g/mol. The van der Waals surface area contributed by atoms with Crippen LogP contribution in [0.15, 0.2) is 29.6 Å². The number of rotatable bonds is 6. The minimum Gasteiger partial charge on any atom is -0.497 e. The van der Waals surface area contributed by atoms with Gasteiger partial charge in [0.2, 0.25) is 0 Å². The Labute approximate surface area is 133 Å². The van der Waals surface area contributed by atoms with Crippen LogP contribution in [0.4, 0.5) is 0 Å². The second kappa shape index (κ2) is 6.06. The highest BCUT2D eigenvalue weighted by Gasteiger charge is 2.42. The lowest BCUT2D eigenvalue weighted by Gasteiger charge is -2.11. The zero-order chi connectivity index (χ0) is 15.6. The molecule has 3 rings (SSSR count). The van der Waals surface area contributed by atoms with Gasteiger partial charge in [0.1, 0.15) is 16.5 Å². The molecule has 0 saturated heterocycles. The van der Waals surface area contributed by atoms with E-state index in [1.807, 2.05) is 24.3 Å². The van der Waals surface area contributed by atoms with Gasteiger partial charge in [-0.15, -0.1) is 11.3 Å². The fourth-order valence-corrected chi connectivity index (χ4v) is 2.98. The van der Waals surface area contributed by atoms with Crippen molar-refractivity contribution in [3.63, 3.8) is 0 Å². The molecule has 1 amide bonds. The molecule has 0 bridgehead atoms. The zero-order valence-electron chi connectivity index (χ0n) is 12.3. The molecule has 6 heteroatoms. The quantitative estimate of drug-likeness (QED) is 0.857. The third kappa shape index (κ3) is 3.13. The van der Waals surface area contributed by atoms with Gasteiger partial charge in [0.05, 0.1) is 13.7 Å². The lowest BCUT2D eigenvalue weighted by Crippen LogP contribution is -2.32. The van der Waals surface area contributed by atoms with Crippen LogP contribution in [0.2, 0.25) is 0 Å². The Hall–Kier alpha value is -1.92. The first-order valence-electron chi connectivity index (χ1n) is 7.15. The monoisotopic (exact) mass is 318 g/mol. The van der Waals surface area contributed by atoms with Crippen molar-refractivity contribution in [2.24, 2.45) is 5.41 Å². The number of amides is 1. The van der Waals surface area contributed by atoms with Crippen LogP contribution in [0, 0.1) is 5.41 Å². The van der Waals surface area contributed by atoms with E-state index in [0.29, 0.717) is 12.2 Å². The van der Waals surface area contributed by atoms with E-state index in [0.717, 1.165) is 29.2 Å². The molecule has 1 aliphatic carbocycles. The Kier molecular flexibility index (Phi) is 4.13. The van der Waals surface area contributed by atoms with E-state index in [9.17, 15) is 9.90 Å². The minimum absolute atomic E-state index is 0.0928. The molecular formula is C16H18N2O3S. The summed E-state index contributed by atoms with van der Waals surface area (Å²) in [4.78, 5) is 16.5. The van der Waals surface area contributed by atoms with Gasteiger partial charge in [-0.2, -0.15) is 0 Å². The number of ether oxygens (including phenoxy) is 1. The number of hydrogen-bond acceptors (Lipinski definition) is 5. The predicted molar refractivity (Wildman–Crippen MR) is 85.2 cm³/mol. The summed E-state index contributed by atoms with van der Waals surface area (Å²) in [6.07, 6.45) is 1.94. The summed E-state index contributed by atoms with van der Waals surface area (Å²) in [6, 6.07) is 7.58. The van der Waals surface area contributed by atoms with Crippen molar-refractivity contribution in [2.75, 3.05) is 20.3 Å². The number of aromatic nitrogens is 1. The van der Waals surface area contributed by atoms with E-state index in [1.54, 1.807) is 12.5 Å². The van der Waals surface area contributed by atoms with E-state index in [2.05, 4.69) is 10.3 Å². The second-order valence-corrected chi connectivity index (χ2v) is 6.47. The van der Waals surface area contributed by atoms with Crippen molar-refractivity contribution in [1.29, 1.82) is 0 Å². The molecule has 5 nitrogen and oxygen atoms in total. The third-order valence-corrected chi connectivity index (χ3v) is 4.88. The number of aliphatic hydroxyl groups is 1. The van der Waals surface area contributed by atoms with Gasteiger partial charge in [0.25, 0.3) is 5.91 Å². The molecule has 0 atom stereocenters. The standard InChI is InChI=1S/C16H18N2O3S/c1-21-12-4-2-11(3-5-12)15-18-13(8-22-15)14(20)17-9-16(10-19)6-7-16/h2-5,8,19H,6-7,9-10H2,1H3,(H,17,20). The lowest BCUT2D eigenvalue weighted by molar-refractivity contribution is 0.0931. The first-order chi connectivity index (χ1) is 10.7. The molecule has 2 aromatic rings. The molecule has 116 valence electrons. The Morgan fingerprint density at radius 3 is 2.73 bits per heavy atom. The van der Waals surface area contributed by atoms with Crippen LogP contribution in [0.5, 0.6) is 5.75 Å². The lowest BCUT2D eigenvalue weighted by atomic mass is 10.1. The third-order valence-electron chi connectivity index (χ3n) is 3.99. The van der Waals surface area contributed by atoms with E-state index in [4.69, 9.17) is 4.74 Å². The fraction of sp³-hybridized carbons (Fsp3) is 0.375. The molecule has 1 heterocycles. The van der Waals surface area contributed by atoms with Gasteiger partial charge in [-0.25, -0.2) is 4.98 Å². The molecule has 22 heavy (non-hydrogen) atoms. The average Bonchev–Trinajstić information content (AvgIpc) is 3.18. The maximum Gasteiger partial charge on any atom is 0.270 e. The molecule has 0 radical (unpaired) electrons. The number of thiazole rings is 1. The van der Waals surface area contributed by atoms with Gasteiger partial charge in [0, 0.05) is 22.9 Å². The number of nitrogens with zero attached hydrogens (tertiary/aromatic N) is 1. The summed E-state index contributed by atoms with van der Waals surface area (Å²) in [7, 11) is 1.62. The molecule has 1 fully saturated rings. The number of nitrogens with one attached hydrogen (secondary N) is 1. The van der Waals surface area contributed by atoms with Crippen LogP contribution >= 0.6 is 11.3 Å². The number of hydrogen-bond donors (Lipinski definition) is 2. The van der Waals surface area contributed by atoms with E-state index in [-0.39, 0.29) is 17.9 Å². The highest BCUT2D eigenvalue weighted by atomic mass is 32.1. The van der Waals surface area contributed by atoms with Gasteiger partial charge in [-0.1, -0.05) is 0 Å². The van der Waals surface area contributed by atoms with E-state index in [1.165, 1.54) is 11.3 Å². The SMILES string of the molecule is COc1ccc(-c2nc(C(=O)NCC3(CO)CC3)cs2)cc1. The summed E-state index contributed by atoms with van der Waals surface area (Å²) in [5, 5.41) is 14.7. The van der Waals surface area contributed by atoms with Crippen LogP contribution in [-0.2, 0) is 0 Å².